The number of carbonyl (C=O) groups is 1. The molecule has 14 heavy (non-hydrogen) atoms. The Labute approximate surface area is 86.6 Å². The van der Waals surface area contributed by atoms with E-state index < -0.39 is 0 Å². The van der Waals surface area contributed by atoms with E-state index in [9.17, 15) is 4.79 Å². The van der Waals surface area contributed by atoms with Crippen LogP contribution in [0.3, 0.4) is 0 Å². The monoisotopic (exact) mass is 198 g/mol. The Kier molecular flexibility index (Phi) is 5.60. The summed E-state index contributed by atoms with van der Waals surface area (Å²) in [5, 5.41) is 6.08. The molecule has 3 heteroatoms. The average Bonchev–Trinajstić information content (AvgIpc) is 2.97. The Balaban J connectivity index is 1.81. The van der Waals surface area contributed by atoms with Crippen LogP contribution in [0.5, 0.6) is 0 Å². The van der Waals surface area contributed by atoms with Gasteiger partial charge in [-0.05, 0) is 25.3 Å². The van der Waals surface area contributed by atoms with E-state index >= 15 is 0 Å². The first-order valence-corrected chi connectivity index (χ1v) is 5.80. The maximum atomic E-state index is 11.2. The number of rotatable bonds is 8. The predicted molar refractivity (Wildman–Crippen MR) is 58.1 cm³/mol. The number of nitrogens with one attached hydrogen (secondary N) is 2. The van der Waals surface area contributed by atoms with Gasteiger partial charge in [0.1, 0.15) is 0 Å². The molecule has 0 aromatic carbocycles. The predicted octanol–water partition coefficient (Wildman–Crippen LogP) is 1.29. The molecule has 1 saturated carbocycles. The zero-order chi connectivity index (χ0) is 10.2. The highest BCUT2D eigenvalue weighted by Crippen LogP contribution is 2.33. The van der Waals surface area contributed by atoms with E-state index in [1.54, 1.807) is 0 Å². The third-order valence-electron chi connectivity index (χ3n) is 2.59. The first-order valence-electron chi connectivity index (χ1n) is 5.80. The average molecular weight is 198 g/mol. The zero-order valence-electron chi connectivity index (χ0n) is 9.14. The van der Waals surface area contributed by atoms with Crippen LogP contribution in [0, 0.1) is 5.92 Å². The van der Waals surface area contributed by atoms with Crippen LogP contribution >= 0.6 is 0 Å². The van der Waals surface area contributed by atoms with Gasteiger partial charge in [-0.3, -0.25) is 4.79 Å². The summed E-state index contributed by atoms with van der Waals surface area (Å²) in [5.41, 5.74) is 0. The summed E-state index contributed by atoms with van der Waals surface area (Å²) in [6.07, 6.45) is 5.88. The molecule has 0 unspecified atom stereocenters. The van der Waals surface area contributed by atoms with Crippen LogP contribution in [0.2, 0.25) is 0 Å². The van der Waals surface area contributed by atoms with Crippen molar-refractivity contribution in [2.24, 2.45) is 5.92 Å². The van der Waals surface area contributed by atoms with Gasteiger partial charge in [-0.25, -0.2) is 0 Å². The van der Waals surface area contributed by atoms with Crippen molar-refractivity contribution in [3.63, 3.8) is 0 Å². The molecule has 0 saturated heterocycles. The molecule has 0 aromatic rings. The second-order valence-electron chi connectivity index (χ2n) is 4.04. The molecule has 1 fully saturated rings. The third kappa shape index (κ3) is 5.97. The van der Waals surface area contributed by atoms with Gasteiger partial charge in [0.2, 0.25) is 5.91 Å². The third-order valence-corrected chi connectivity index (χ3v) is 2.59. The van der Waals surface area contributed by atoms with E-state index in [1.165, 1.54) is 19.3 Å². The standard InChI is InChI=1S/C11H22N2O/c1-2-12-9-7-11(14)13-8-3-4-10-5-6-10/h10,12H,2-9H2,1H3,(H,13,14). The minimum absolute atomic E-state index is 0.182. The molecule has 0 heterocycles. The molecule has 0 aliphatic heterocycles. The largest absolute Gasteiger partial charge is 0.356 e. The fourth-order valence-corrected chi connectivity index (χ4v) is 1.49. The van der Waals surface area contributed by atoms with Gasteiger partial charge in [0, 0.05) is 19.5 Å². The van der Waals surface area contributed by atoms with Gasteiger partial charge in [-0.2, -0.15) is 0 Å². The molecule has 0 bridgehead atoms. The van der Waals surface area contributed by atoms with Crippen LogP contribution in [0.15, 0.2) is 0 Å². The molecule has 0 radical (unpaired) electrons. The topological polar surface area (TPSA) is 41.1 Å². The lowest BCUT2D eigenvalue weighted by Gasteiger charge is -2.04. The second kappa shape index (κ2) is 6.82. The molecule has 0 aromatic heterocycles. The van der Waals surface area contributed by atoms with Crippen LogP contribution in [-0.2, 0) is 4.79 Å². The molecule has 1 amide bonds. The Bertz CT molecular complexity index is 167. The fraction of sp³-hybridized carbons (Fsp3) is 0.909. The smallest absolute Gasteiger partial charge is 0.221 e. The summed E-state index contributed by atoms with van der Waals surface area (Å²) in [5.74, 6) is 1.16. The normalized spacial score (nSPS) is 15.5. The maximum absolute atomic E-state index is 11.2. The minimum atomic E-state index is 0.182. The van der Waals surface area contributed by atoms with E-state index in [0.29, 0.717) is 6.42 Å². The summed E-state index contributed by atoms with van der Waals surface area (Å²) in [7, 11) is 0. The Hall–Kier alpha value is -0.570. The van der Waals surface area contributed by atoms with Gasteiger partial charge in [0.25, 0.3) is 0 Å². The maximum Gasteiger partial charge on any atom is 0.221 e. The number of carbonyl (C=O) groups excluding carboxylic acids is 1. The first-order chi connectivity index (χ1) is 6.83. The van der Waals surface area contributed by atoms with Crippen molar-refractivity contribution in [3.8, 4) is 0 Å². The van der Waals surface area contributed by atoms with Crippen molar-refractivity contribution in [2.75, 3.05) is 19.6 Å². The molecule has 0 spiro atoms. The van der Waals surface area contributed by atoms with Gasteiger partial charge in [-0.15, -0.1) is 0 Å². The van der Waals surface area contributed by atoms with Gasteiger partial charge in [-0.1, -0.05) is 19.8 Å². The number of hydrogen-bond acceptors (Lipinski definition) is 2. The minimum Gasteiger partial charge on any atom is -0.356 e. The summed E-state index contributed by atoms with van der Waals surface area (Å²) in [4.78, 5) is 11.2. The van der Waals surface area contributed by atoms with Crippen molar-refractivity contribution in [1.29, 1.82) is 0 Å². The first kappa shape index (κ1) is 11.5. The molecule has 1 aliphatic carbocycles. The van der Waals surface area contributed by atoms with Gasteiger partial charge < -0.3 is 10.6 Å². The Morgan fingerprint density at radius 3 is 2.79 bits per heavy atom. The second-order valence-corrected chi connectivity index (χ2v) is 4.04. The quantitative estimate of drug-likeness (QED) is 0.577. The molecule has 3 nitrogen and oxygen atoms in total. The van der Waals surface area contributed by atoms with E-state index in [0.717, 1.165) is 32.0 Å². The van der Waals surface area contributed by atoms with E-state index in [2.05, 4.69) is 10.6 Å². The molecule has 1 aliphatic rings. The van der Waals surface area contributed by atoms with Crippen LogP contribution < -0.4 is 10.6 Å². The lowest BCUT2D eigenvalue weighted by Crippen LogP contribution is -2.28. The zero-order valence-corrected chi connectivity index (χ0v) is 9.14. The van der Waals surface area contributed by atoms with Gasteiger partial charge in [0.15, 0.2) is 0 Å². The van der Waals surface area contributed by atoms with Crippen LogP contribution in [0.4, 0.5) is 0 Å². The molecular weight excluding hydrogens is 176 g/mol. The van der Waals surface area contributed by atoms with Gasteiger partial charge >= 0.3 is 0 Å². The molecule has 2 N–H and O–H groups in total. The van der Waals surface area contributed by atoms with Crippen molar-refractivity contribution >= 4 is 5.91 Å². The SMILES string of the molecule is CCNCCC(=O)NCCCC1CC1. The van der Waals surface area contributed by atoms with E-state index in [-0.39, 0.29) is 5.91 Å². The number of amides is 1. The molecule has 82 valence electrons. The van der Waals surface area contributed by atoms with Crippen LogP contribution in [-0.4, -0.2) is 25.5 Å². The van der Waals surface area contributed by atoms with E-state index in [1.807, 2.05) is 6.92 Å². The molecular formula is C11H22N2O. The number of hydrogen-bond donors (Lipinski definition) is 2. The molecule has 1 rings (SSSR count). The highest BCUT2D eigenvalue weighted by Gasteiger charge is 2.19. The summed E-state index contributed by atoms with van der Waals surface area (Å²) >= 11 is 0. The summed E-state index contributed by atoms with van der Waals surface area (Å²) in [6, 6.07) is 0. The van der Waals surface area contributed by atoms with Gasteiger partial charge in [0.05, 0.1) is 0 Å². The van der Waals surface area contributed by atoms with Crippen molar-refractivity contribution in [2.45, 2.75) is 39.0 Å². The van der Waals surface area contributed by atoms with Crippen molar-refractivity contribution in [3.05, 3.63) is 0 Å². The van der Waals surface area contributed by atoms with Crippen molar-refractivity contribution in [1.82, 2.24) is 10.6 Å². The Morgan fingerprint density at radius 2 is 2.14 bits per heavy atom. The lowest BCUT2D eigenvalue weighted by molar-refractivity contribution is -0.121. The summed E-state index contributed by atoms with van der Waals surface area (Å²) < 4.78 is 0. The molecule has 0 atom stereocenters. The Morgan fingerprint density at radius 1 is 1.36 bits per heavy atom. The summed E-state index contributed by atoms with van der Waals surface area (Å²) in [6.45, 7) is 4.65. The van der Waals surface area contributed by atoms with Crippen LogP contribution in [0.25, 0.3) is 0 Å². The highest BCUT2D eigenvalue weighted by atomic mass is 16.1. The highest BCUT2D eigenvalue weighted by molar-refractivity contribution is 5.75. The fourth-order valence-electron chi connectivity index (χ4n) is 1.49. The lowest BCUT2D eigenvalue weighted by atomic mass is 10.2. The van der Waals surface area contributed by atoms with Crippen LogP contribution in [0.1, 0.15) is 39.0 Å². The van der Waals surface area contributed by atoms with Crippen molar-refractivity contribution < 1.29 is 4.79 Å². The van der Waals surface area contributed by atoms with E-state index in [4.69, 9.17) is 0 Å².